The summed E-state index contributed by atoms with van der Waals surface area (Å²) in [5.74, 6) is 0.656. The van der Waals surface area contributed by atoms with Crippen LogP contribution in [0.4, 0.5) is 4.39 Å². The van der Waals surface area contributed by atoms with Gasteiger partial charge < -0.3 is 4.74 Å². The second kappa shape index (κ2) is 4.67. The lowest BCUT2D eigenvalue weighted by Gasteiger charge is -2.00. The Bertz CT molecular complexity index is 728. The van der Waals surface area contributed by atoms with Crippen LogP contribution >= 0.6 is 11.3 Å². The lowest BCUT2D eigenvalue weighted by molar-refractivity contribution is 0.415. The van der Waals surface area contributed by atoms with Gasteiger partial charge in [-0.1, -0.05) is 12.1 Å². The van der Waals surface area contributed by atoms with Gasteiger partial charge in [0.2, 0.25) is 0 Å². The second-order valence-electron chi connectivity index (χ2n) is 4.43. The number of rotatable bonds is 2. The number of ether oxygens (including phenoxy) is 1. The molecule has 3 aromatic rings. The predicted molar refractivity (Wildman–Crippen MR) is 78.5 cm³/mol. The molecule has 3 heteroatoms. The number of aryl methyl sites for hydroxylation is 1. The van der Waals surface area contributed by atoms with E-state index in [1.54, 1.807) is 18.4 Å². The maximum Gasteiger partial charge on any atom is 0.123 e. The molecule has 1 heterocycles. The Labute approximate surface area is 115 Å². The van der Waals surface area contributed by atoms with E-state index in [1.807, 2.05) is 24.3 Å². The fraction of sp³-hybridized carbons (Fsp3) is 0.125. The third kappa shape index (κ3) is 2.10. The molecule has 0 N–H and O–H groups in total. The van der Waals surface area contributed by atoms with Gasteiger partial charge in [-0.2, -0.15) is 0 Å². The van der Waals surface area contributed by atoms with E-state index in [-0.39, 0.29) is 5.82 Å². The SMILES string of the molecule is COc1ccc2c(C)c(-c3ccc(F)cc3)sc2c1. The van der Waals surface area contributed by atoms with Crippen molar-refractivity contribution in [2.24, 2.45) is 0 Å². The molecule has 0 radical (unpaired) electrons. The van der Waals surface area contributed by atoms with Crippen LogP contribution in [-0.4, -0.2) is 7.11 Å². The number of thiophene rings is 1. The number of halogens is 1. The van der Waals surface area contributed by atoms with Gasteiger partial charge in [-0.15, -0.1) is 11.3 Å². The standard InChI is InChI=1S/C16H13FOS/c1-10-14-8-7-13(18-2)9-15(14)19-16(10)11-3-5-12(17)6-4-11/h3-9H,1-2H3. The molecule has 0 unspecified atom stereocenters. The van der Waals surface area contributed by atoms with Crippen molar-refractivity contribution in [1.29, 1.82) is 0 Å². The van der Waals surface area contributed by atoms with E-state index in [2.05, 4.69) is 13.0 Å². The zero-order chi connectivity index (χ0) is 13.4. The minimum absolute atomic E-state index is 0.204. The monoisotopic (exact) mass is 272 g/mol. The summed E-state index contributed by atoms with van der Waals surface area (Å²) in [6.07, 6.45) is 0. The highest BCUT2D eigenvalue weighted by Crippen LogP contribution is 2.39. The fourth-order valence-corrected chi connectivity index (χ4v) is 3.45. The van der Waals surface area contributed by atoms with E-state index in [0.717, 1.165) is 11.3 Å². The van der Waals surface area contributed by atoms with Crippen LogP contribution in [0.1, 0.15) is 5.56 Å². The average Bonchev–Trinajstić information content (AvgIpc) is 2.76. The van der Waals surface area contributed by atoms with E-state index in [4.69, 9.17) is 4.74 Å². The van der Waals surface area contributed by atoms with Crippen molar-refractivity contribution in [2.45, 2.75) is 6.92 Å². The summed E-state index contributed by atoms with van der Waals surface area (Å²) in [5.41, 5.74) is 2.29. The summed E-state index contributed by atoms with van der Waals surface area (Å²) >= 11 is 1.71. The normalized spacial score (nSPS) is 10.9. The lowest BCUT2D eigenvalue weighted by Crippen LogP contribution is -1.80. The van der Waals surface area contributed by atoms with Crippen LogP contribution in [0.25, 0.3) is 20.5 Å². The highest BCUT2D eigenvalue weighted by atomic mass is 32.1. The number of hydrogen-bond acceptors (Lipinski definition) is 2. The largest absolute Gasteiger partial charge is 0.497 e. The second-order valence-corrected chi connectivity index (χ2v) is 5.48. The molecule has 0 bridgehead atoms. The molecule has 0 aliphatic heterocycles. The van der Waals surface area contributed by atoms with Crippen molar-refractivity contribution >= 4 is 21.4 Å². The summed E-state index contributed by atoms with van der Waals surface area (Å²) < 4.78 is 19.4. The van der Waals surface area contributed by atoms with Crippen LogP contribution in [0.5, 0.6) is 5.75 Å². The zero-order valence-electron chi connectivity index (χ0n) is 10.7. The van der Waals surface area contributed by atoms with Gasteiger partial charge in [0.15, 0.2) is 0 Å². The van der Waals surface area contributed by atoms with Crippen molar-refractivity contribution < 1.29 is 9.13 Å². The molecule has 19 heavy (non-hydrogen) atoms. The molecule has 3 rings (SSSR count). The fourth-order valence-electron chi connectivity index (χ4n) is 2.21. The Morgan fingerprint density at radius 3 is 2.47 bits per heavy atom. The van der Waals surface area contributed by atoms with E-state index >= 15 is 0 Å². The molecule has 0 aliphatic carbocycles. The molecule has 0 aliphatic rings. The lowest BCUT2D eigenvalue weighted by atomic mass is 10.1. The highest BCUT2D eigenvalue weighted by molar-refractivity contribution is 7.22. The van der Waals surface area contributed by atoms with Gasteiger partial charge in [0.25, 0.3) is 0 Å². The van der Waals surface area contributed by atoms with Crippen LogP contribution in [0.3, 0.4) is 0 Å². The zero-order valence-corrected chi connectivity index (χ0v) is 11.6. The third-order valence-electron chi connectivity index (χ3n) is 3.25. The van der Waals surface area contributed by atoms with Gasteiger partial charge in [0.1, 0.15) is 11.6 Å². The third-order valence-corrected chi connectivity index (χ3v) is 4.56. The average molecular weight is 272 g/mol. The quantitative estimate of drug-likeness (QED) is 0.636. The van der Waals surface area contributed by atoms with Crippen molar-refractivity contribution in [2.75, 3.05) is 7.11 Å². The molecule has 0 atom stereocenters. The van der Waals surface area contributed by atoms with E-state index in [9.17, 15) is 4.39 Å². The Morgan fingerprint density at radius 1 is 1.05 bits per heavy atom. The number of methoxy groups -OCH3 is 1. The summed E-state index contributed by atoms with van der Waals surface area (Å²) in [5, 5.41) is 1.23. The molecule has 96 valence electrons. The maximum absolute atomic E-state index is 13.0. The van der Waals surface area contributed by atoms with Crippen LogP contribution in [-0.2, 0) is 0 Å². The van der Waals surface area contributed by atoms with Gasteiger partial charge in [-0.25, -0.2) is 4.39 Å². The van der Waals surface area contributed by atoms with Crippen LogP contribution in [0.2, 0.25) is 0 Å². The summed E-state index contributed by atoms with van der Waals surface area (Å²) in [4.78, 5) is 1.18. The summed E-state index contributed by atoms with van der Waals surface area (Å²) in [6, 6.07) is 12.7. The topological polar surface area (TPSA) is 9.23 Å². The molecular weight excluding hydrogens is 259 g/mol. The Balaban J connectivity index is 2.19. The van der Waals surface area contributed by atoms with Crippen molar-refractivity contribution in [3.63, 3.8) is 0 Å². The van der Waals surface area contributed by atoms with Gasteiger partial charge in [-0.3, -0.25) is 0 Å². The highest BCUT2D eigenvalue weighted by Gasteiger charge is 2.11. The Hall–Kier alpha value is -1.87. The smallest absolute Gasteiger partial charge is 0.123 e. The molecule has 0 spiro atoms. The molecule has 0 amide bonds. The molecule has 0 saturated heterocycles. The van der Waals surface area contributed by atoms with Crippen LogP contribution in [0.15, 0.2) is 42.5 Å². The number of hydrogen-bond donors (Lipinski definition) is 0. The first-order valence-corrected chi connectivity index (χ1v) is 6.84. The molecule has 0 fully saturated rings. The molecule has 1 aromatic heterocycles. The van der Waals surface area contributed by atoms with Crippen LogP contribution < -0.4 is 4.74 Å². The first-order valence-electron chi connectivity index (χ1n) is 6.02. The first kappa shape index (κ1) is 12.2. The predicted octanol–water partition coefficient (Wildman–Crippen LogP) is 5.02. The molecule has 0 saturated carbocycles. The van der Waals surface area contributed by atoms with Gasteiger partial charge in [-0.05, 0) is 53.8 Å². The van der Waals surface area contributed by atoms with Gasteiger partial charge in [0, 0.05) is 9.58 Å². The van der Waals surface area contributed by atoms with Crippen LogP contribution in [0, 0.1) is 12.7 Å². The minimum Gasteiger partial charge on any atom is -0.497 e. The molecular formula is C16H13FOS. The minimum atomic E-state index is -0.204. The van der Waals surface area contributed by atoms with Crippen molar-refractivity contribution in [1.82, 2.24) is 0 Å². The van der Waals surface area contributed by atoms with Gasteiger partial charge in [0.05, 0.1) is 7.11 Å². The molecule has 1 nitrogen and oxygen atoms in total. The van der Waals surface area contributed by atoms with E-state index < -0.39 is 0 Å². The number of fused-ring (bicyclic) bond motifs is 1. The van der Waals surface area contributed by atoms with E-state index in [0.29, 0.717) is 0 Å². The van der Waals surface area contributed by atoms with Crippen molar-refractivity contribution in [3.05, 3.63) is 53.8 Å². The number of benzene rings is 2. The van der Waals surface area contributed by atoms with Crippen molar-refractivity contribution in [3.8, 4) is 16.2 Å². The molecule has 2 aromatic carbocycles. The van der Waals surface area contributed by atoms with Gasteiger partial charge >= 0.3 is 0 Å². The summed E-state index contributed by atoms with van der Waals surface area (Å²) in [7, 11) is 1.67. The van der Waals surface area contributed by atoms with E-state index in [1.165, 1.54) is 32.7 Å². The Morgan fingerprint density at radius 2 is 1.79 bits per heavy atom. The maximum atomic E-state index is 13.0. The first-order chi connectivity index (χ1) is 9.19. The Kier molecular flexibility index (Phi) is 2.99. The summed E-state index contributed by atoms with van der Waals surface area (Å²) in [6.45, 7) is 2.10.